The van der Waals surface area contributed by atoms with Crippen molar-refractivity contribution in [3.05, 3.63) is 59.2 Å². The molecule has 0 saturated heterocycles. The Labute approximate surface area is 155 Å². The van der Waals surface area contributed by atoms with Gasteiger partial charge in [-0.1, -0.05) is 6.07 Å². The number of carbonyl (C=O) groups excluding carboxylic acids is 2. The molecule has 0 spiro atoms. The molecule has 8 heteroatoms. The summed E-state index contributed by atoms with van der Waals surface area (Å²) in [6.07, 6.45) is 1.35. The molecule has 27 heavy (non-hydrogen) atoms. The van der Waals surface area contributed by atoms with Crippen LogP contribution in [0.25, 0.3) is 0 Å². The van der Waals surface area contributed by atoms with Crippen molar-refractivity contribution in [1.29, 1.82) is 0 Å². The third kappa shape index (κ3) is 6.28. The average Bonchev–Trinajstić information content (AvgIpc) is 2.64. The van der Waals surface area contributed by atoms with Crippen molar-refractivity contribution in [3.8, 4) is 5.75 Å². The fourth-order valence-electron chi connectivity index (χ4n) is 2.02. The number of carboxylic acid groups (broad SMARTS) is 1. The van der Waals surface area contributed by atoms with Crippen LogP contribution in [-0.2, 0) is 14.4 Å². The van der Waals surface area contributed by atoms with Crippen LogP contribution in [0.5, 0.6) is 5.75 Å². The Morgan fingerprint density at radius 3 is 2.37 bits per heavy atom. The first-order valence-corrected chi connectivity index (χ1v) is 8.01. The number of nitrogens with one attached hydrogen (secondary N) is 2. The fourth-order valence-corrected chi connectivity index (χ4v) is 2.02. The van der Waals surface area contributed by atoms with Crippen LogP contribution in [0.4, 0.5) is 5.69 Å². The van der Waals surface area contributed by atoms with Crippen molar-refractivity contribution in [3.63, 3.8) is 0 Å². The van der Waals surface area contributed by atoms with E-state index in [1.165, 1.54) is 6.21 Å². The van der Waals surface area contributed by atoms with Gasteiger partial charge < -0.3 is 15.2 Å². The number of anilines is 1. The second kappa shape index (κ2) is 9.14. The molecule has 8 nitrogen and oxygen atoms in total. The van der Waals surface area contributed by atoms with Gasteiger partial charge in [-0.2, -0.15) is 5.10 Å². The highest BCUT2D eigenvalue weighted by Gasteiger charge is 2.13. The molecule has 2 aromatic rings. The molecular weight excluding hydrogens is 350 g/mol. The molecule has 2 aromatic carbocycles. The second-order valence-electron chi connectivity index (χ2n) is 5.70. The molecule has 0 radical (unpaired) electrons. The zero-order chi connectivity index (χ0) is 19.8. The van der Waals surface area contributed by atoms with Crippen molar-refractivity contribution < 1.29 is 24.2 Å². The van der Waals surface area contributed by atoms with Gasteiger partial charge in [0.05, 0.1) is 6.21 Å². The van der Waals surface area contributed by atoms with Crippen LogP contribution in [0, 0.1) is 13.8 Å². The first kappa shape index (κ1) is 19.6. The normalized spacial score (nSPS) is 10.4. The van der Waals surface area contributed by atoms with E-state index < -0.39 is 24.4 Å². The Morgan fingerprint density at radius 2 is 1.74 bits per heavy atom. The molecule has 0 aliphatic heterocycles. The molecule has 2 rings (SSSR count). The number of hydrazone groups is 1. The van der Waals surface area contributed by atoms with Gasteiger partial charge in [-0.3, -0.25) is 9.59 Å². The summed E-state index contributed by atoms with van der Waals surface area (Å²) in [6, 6.07) is 11.7. The van der Waals surface area contributed by atoms with Gasteiger partial charge in [-0.25, -0.2) is 10.2 Å². The minimum absolute atomic E-state index is 0.395. The Kier molecular flexibility index (Phi) is 6.65. The summed E-state index contributed by atoms with van der Waals surface area (Å²) in [5.41, 5.74) is 5.39. The van der Waals surface area contributed by atoms with E-state index in [0.717, 1.165) is 11.1 Å². The second-order valence-corrected chi connectivity index (χ2v) is 5.70. The zero-order valence-electron chi connectivity index (χ0n) is 14.9. The number of aryl methyl sites for hydroxylation is 2. The third-order valence-corrected chi connectivity index (χ3v) is 3.59. The van der Waals surface area contributed by atoms with Crippen molar-refractivity contribution >= 4 is 29.7 Å². The van der Waals surface area contributed by atoms with Gasteiger partial charge in [-0.15, -0.1) is 0 Å². The number of benzene rings is 2. The van der Waals surface area contributed by atoms with Crippen LogP contribution >= 0.6 is 0 Å². The van der Waals surface area contributed by atoms with Crippen LogP contribution in [0.2, 0.25) is 0 Å². The van der Waals surface area contributed by atoms with E-state index >= 15 is 0 Å². The van der Waals surface area contributed by atoms with E-state index in [2.05, 4.69) is 15.8 Å². The molecule has 140 valence electrons. The molecule has 3 N–H and O–H groups in total. The number of nitrogens with zero attached hydrogens (tertiary/aromatic N) is 1. The lowest BCUT2D eigenvalue weighted by atomic mass is 10.1. The summed E-state index contributed by atoms with van der Waals surface area (Å²) in [4.78, 5) is 34.1. The monoisotopic (exact) mass is 369 g/mol. The van der Waals surface area contributed by atoms with Crippen LogP contribution in [0.1, 0.15) is 16.7 Å². The van der Waals surface area contributed by atoms with E-state index in [1.54, 1.807) is 36.4 Å². The smallest absolute Gasteiger partial charge is 0.341 e. The topological polar surface area (TPSA) is 117 Å². The van der Waals surface area contributed by atoms with E-state index in [9.17, 15) is 14.4 Å². The number of amides is 2. The molecule has 0 atom stereocenters. The van der Waals surface area contributed by atoms with Gasteiger partial charge in [0.1, 0.15) is 5.75 Å². The van der Waals surface area contributed by atoms with Gasteiger partial charge in [0.25, 0.3) is 0 Å². The summed E-state index contributed by atoms with van der Waals surface area (Å²) in [7, 11) is 0. The Morgan fingerprint density at radius 1 is 1.04 bits per heavy atom. The third-order valence-electron chi connectivity index (χ3n) is 3.59. The minimum atomic E-state index is -1.07. The predicted octanol–water partition coefficient (Wildman–Crippen LogP) is 1.86. The first-order valence-electron chi connectivity index (χ1n) is 8.01. The number of hydrogen-bond acceptors (Lipinski definition) is 5. The van der Waals surface area contributed by atoms with Crippen LogP contribution in [-0.4, -0.2) is 35.7 Å². The quantitative estimate of drug-likeness (QED) is 0.408. The Bertz CT molecular complexity index is 875. The number of carboxylic acids is 1. The van der Waals surface area contributed by atoms with Gasteiger partial charge in [0.2, 0.25) is 0 Å². The Hall–Kier alpha value is -3.68. The SMILES string of the molecule is Cc1ccc(NC(=O)C(=O)N/N=C\c2ccc(OCC(=O)O)cc2)cc1C. The zero-order valence-corrected chi connectivity index (χ0v) is 14.9. The van der Waals surface area contributed by atoms with E-state index in [1.807, 2.05) is 19.9 Å². The molecule has 0 heterocycles. The van der Waals surface area contributed by atoms with Crippen molar-refractivity contribution in [2.75, 3.05) is 11.9 Å². The highest BCUT2D eigenvalue weighted by atomic mass is 16.5. The van der Waals surface area contributed by atoms with Crippen LogP contribution in [0.3, 0.4) is 0 Å². The maximum absolute atomic E-state index is 11.9. The summed E-state index contributed by atoms with van der Waals surface area (Å²) < 4.78 is 5.00. The fraction of sp³-hybridized carbons (Fsp3) is 0.158. The highest BCUT2D eigenvalue weighted by Crippen LogP contribution is 2.14. The number of carbonyl (C=O) groups is 3. The molecule has 2 amide bonds. The maximum atomic E-state index is 11.9. The molecule has 0 aromatic heterocycles. The molecule has 0 aliphatic carbocycles. The van der Waals surface area contributed by atoms with E-state index in [0.29, 0.717) is 17.0 Å². The largest absolute Gasteiger partial charge is 0.482 e. The van der Waals surface area contributed by atoms with Gasteiger partial charge in [0.15, 0.2) is 6.61 Å². The number of hydrogen-bond donors (Lipinski definition) is 3. The van der Waals surface area contributed by atoms with Gasteiger partial charge >= 0.3 is 17.8 Å². The molecule has 0 bridgehead atoms. The maximum Gasteiger partial charge on any atom is 0.341 e. The Balaban J connectivity index is 1.85. The molecule has 0 aliphatic rings. The van der Waals surface area contributed by atoms with Gasteiger partial charge in [-0.05, 0) is 66.9 Å². The lowest BCUT2D eigenvalue weighted by molar-refractivity contribution is -0.139. The molecule has 0 unspecified atom stereocenters. The summed E-state index contributed by atoms with van der Waals surface area (Å²) in [6.45, 7) is 3.43. The standard InChI is InChI=1S/C19H19N3O5/c1-12-3-6-15(9-13(12)2)21-18(25)19(26)22-20-10-14-4-7-16(8-5-14)27-11-17(23)24/h3-10H,11H2,1-2H3,(H,21,25)(H,22,26)(H,23,24)/b20-10-. The average molecular weight is 369 g/mol. The molecule has 0 saturated carbocycles. The van der Waals surface area contributed by atoms with Crippen LogP contribution < -0.4 is 15.5 Å². The predicted molar refractivity (Wildman–Crippen MR) is 99.9 cm³/mol. The minimum Gasteiger partial charge on any atom is -0.482 e. The van der Waals surface area contributed by atoms with E-state index in [4.69, 9.17) is 9.84 Å². The molecule has 0 fully saturated rings. The number of ether oxygens (including phenoxy) is 1. The summed E-state index contributed by atoms with van der Waals surface area (Å²) >= 11 is 0. The van der Waals surface area contributed by atoms with Crippen molar-refractivity contribution in [2.24, 2.45) is 5.10 Å². The first-order chi connectivity index (χ1) is 12.8. The van der Waals surface area contributed by atoms with Crippen molar-refractivity contribution in [1.82, 2.24) is 5.43 Å². The van der Waals surface area contributed by atoms with Crippen LogP contribution in [0.15, 0.2) is 47.6 Å². The molecular formula is C19H19N3O5. The van der Waals surface area contributed by atoms with Gasteiger partial charge in [0, 0.05) is 5.69 Å². The lowest BCUT2D eigenvalue weighted by Gasteiger charge is -2.06. The number of rotatable bonds is 6. The summed E-state index contributed by atoms with van der Waals surface area (Å²) in [5.74, 6) is -2.40. The highest BCUT2D eigenvalue weighted by molar-refractivity contribution is 6.39. The van der Waals surface area contributed by atoms with Crippen molar-refractivity contribution in [2.45, 2.75) is 13.8 Å². The lowest BCUT2D eigenvalue weighted by Crippen LogP contribution is -2.32. The number of aliphatic carboxylic acids is 1. The summed E-state index contributed by atoms with van der Waals surface area (Å²) in [5, 5.41) is 14.8. The van der Waals surface area contributed by atoms with E-state index in [-0.39, 0.29) is 0 Å².